The zero-order chi connectivity index (χ0) is 13.4. The lowest BCUT2D eigenvalue weighted by Gasteiger charge is -2.22. The van der Waals surface area contributed by atoms with Gasteiger partial charge in [-0.2, -0.15) is 0 Å². The van der Waals surface area contributed by atoms with Gasteiger partial charge in [0.1, 0.15) is 6.61 Å². The molecule has 1 unspecified atom stereocenters. The predicted octanol–water partition coefficient (Wildman–Crippen LogP) is 3.28. The van der Waals surface area contributed by atoms with Crippen LogP contribution in [-0.4, -0.2) is 24.7 Å². The van der Waals surface area contributed by atoms with Crippen molar-refractivity contribution in [2.45, 2.75) is 77.9 Å². The lowest BCUT2D eigenvalue weighted by molar-refractivity contribution is -0.129. The highest BCUT2D eigenvalue weighted by Crippen LogP contribution is 2.19. The van der Waals surface area contributed by atoms with E-state index in [2.05, 4.69) is 26.1 Å². The highest BCUT2D eigenvalue weighted by molar-refractivity contribution is 5.77. The summed E-state index contributed by atoms with van der Waals surface area (Å²) in [5.74, 6) is 0.736. The minimum atomic E-state index is 0.0387. The van der Waals surface area contributed by atoms with Gasteiger partial charge in [-0.05, 0) is 38.5 Å². The van der Waals surface area contributed by atoms with Crippen LogP contribution < -0.4 is 5.32 Å². The fraction of sp³-hybridized carbons (Fsp3) is 0.933. The number of ether oxygens (including phenoxy) is 1. The molecule has 0 saturated heterocycles. The molecule has 18 heavy (non-hydrogen) atoms. The van der Waals surface area contributed by atoms with Gasteiger partial charge in [0.25, 0.3) is 0 Å². The summed E-state index contributed by atoms with van der Waals surface area (Å²) in [6.07, 6.45) is 8.58. The van der Waals surface area contributed by atoms with E-state index < -0.39 is 0 Å². The van der Waals surface area contributed by atoms with Gasteiger partial charge in [0.2, 0.25) is 5.91 Å². The van der Waals surface area contributed by atoms with Gasteiger partial charge in [-0.1, -0.05) is 33.1 Å². The number of hydrogen-bond acceptors (Lipinski definition) is 2. The zero-order valence-corrected chi connectivity index (χ0v) is 12.2. The molecule has 0 bridgehead atoms. The normalized spacial score (nSPS) is 18.9. The highest BCUT2D eigenvalue weighted by Gasteiger charge is 2.15. The minimum Gasteiger partial charge on any atom is -0.368 e. The van der Waals surface area contributed by atoms with Crippen LogP contribution in [0.15, 0.2) is 0 Å². The average Bonchev–Trinajstić information content (AvgIpc) is 2.35. The van der Waals surface area contributed by atoms with Gasteiger partial charge in [0, 0.05) is 6.04 Å². The van der Waals surface area contributed by atoms with Crippen LogP contribution in [-0.2, 0) is 9.53 Å². The predicted molar refractivity (Wildman–Crippen MR) is 74.5 cm³/mol. The maximum absolute atomic E-state index is 11.7. The molecule has 0 aromatic rings. The van der Waals surface area contributed by atoms with Crippen LogP contribution in [0.4, 0.5) is 0 Å². The van der Waals surface area contributed by atoms with Crippen molar-refractivity contribution in [3.63, 3.8) is 0 Å². The number of carbonyl (C=O) groups is 1. The average molecular weight is 255 g/mol. The Bertz CT molecular complexity index is 235. The lowest BCUT2D eigenvalue weighted by atomic mass is 9.98. The van der Waals surface area contributed by atoms with E-state index >= 15 is 0 Å². The van der Waals surface area contributed by atoms with Crippen molar-refractivity contribution < 1.29 is 9.53 Å². The summed E-state index contributed by atoms with van der Waals surface area (Å²) in [4.78, 5) is 11.7. The Kier molecular flexibility index (Phi) is 7.33. The number of hydrogen-bond donors (Lipinski definition) is 1. The third kappa shape index (κ3) is 7.00. The molecule has 0 heterocycles. The Balaban J connectivity index is 2.08. The van der Waals surface area contributed by atoms with Crippen molar-refractivity contribution in [2.75, 3.05) is 6.61 Å². The van der Waals surface area contributed by atoms with Gasteiger partial charge >= 0.3 is 0 Å². The molecule has 1 amide bonds. The molecule has 1 fully saturated rings. The summed E-state index contributed by atoms with van der Waals surface area (Å²) in [6.45, 7) is 6.72. The molecule has 1 rings (SSSR count). The molecule has 106 valence electrons. The van der Waals surface area contributed by atoms with Crippen LogP contribution in [0.5, 0.6) is 0 Å². The quantitative estimate of drug-likeness (QED) is 0.758. The van der Waals surface area contributed by atoms with Gasteiger partial charge < -0.3 is 10.1 Å². The smallest absolute Gasteiger partial charge is 0.246 e. The molecule has 0 radical (unpaired) electrons. The van der Waals surface area contributed by atoms with Crippen LogP contribution in [0.2, 0.25) is 0 Å². The minimum absolute atomic E-state index is 0.0387. The third-order valence-corrected chi connectivity index (χ3v) is 3.59. The van der Waals surface area contributed by atoms with Gasteiger partial charge in [-0.3, -0.25) is 4.79 Å². The van der Waals surface area contributed by atoms with Crippen LogP contribution in [0, 0.1) is 5.92 Å². The first-order valence-corrected chi connectivity index (χ1v) is 7.49. The summed E-state index contributed by atoms with van der Waals surface area (Å²) in [6, 6.07) is 0.259. The molecule has 1 N–H and O–H groups in total. The molecule has 0 aliphatic heterocycles. The van der Waals surface area contributed by atoms with Gasteiger partial charge in [0.05, 0.1) is 6.10 Å². The summed E-state index contributed by atoms with van der Waals surface area (Å²) >= 11 is 0. The second-order valence-corrected chi connectivity index (χ2v) is 6.01. The van der Waals surface area contributed by atoms with Crippen LogP contribution in [0.25, 0.3) is 0 Å². The van der Waals surface area contributed by atoms with E-state index in [4.69, 9.17) is 4.74 Å². The Morgan fingerprint density at radius 2 is 1.83 bits per heavy atom. The van der Waals surface area contributed by atoms with Crippen molar-refractivity contribution in [2.24, 2.45) is 5.92 Å². The number of carbonyl (C=O) groups excluding carboxylic acids is 1. The van der Waals surface area contributed by atoms with E-state index in [1.165, 1.54) is 19.3 Å². The third-order valence-electron chi connectivity index (χ3n) is 3.59. The van der Waals surface area contributed by atoms with E-state index in [9.17, 15) is 4.79 Å². The molecule has 0 aromatic carbocycles. The van der Waals surface area contributed by atoms with Gasteiger partial charge in [-0.15, -0.1) is 0 Å². The van der Waals surface area contributed by atoms with E-state index in [0.29, 0.717) is 12.0 Å². The van der Waals surface area contributed by atoms with Crippen LogP contribution in [0.1, 0.15) is 65.7 Å². The SMILES string of the molecule is CC(C)CCC(C)NC(=O)COC1CCCCC1. The maximum atomic E-state index is 11.7. The molecular weight excluding hydrogens is 226 g/mol. The molecule has 1 saturated carbocycles. The Labute approximate surface area is 112 Å². The summed E-state index contributed by atoms with van der Waals surface area (Å²) in [5.41, 5.74) is 0. The number of amides is 1. The zero-order valence-electron chi connectivity index (χ0n) is 12.2. The van der Waals surface area contributed by atoms with E-state index in [0.717, 1.165) is 25.7 Å². The second kappa shape index (κ2) is 8.52. The number of rotatable bonds is 7. The highest BCUT2D eigenvalue weighted by atomic mass is 16.5. The lowest BCUT2D eigenvalue weighted by Crippen LogP contribution is -2.36. The maximum Gasteiger partial charge on any atom is 0.246 e. The first-order chi connectivity index (χ1) is 8.58. The summed E-state index contributed by atoms with van der Waals surface area (Å²) in [7, 11) is 0. The molecule has 1 atom stereocenters. The van der Waals surface area contributed by atoms with Gasteiger partial charge in [-0.25, -0.2) is 0 Å². The second-order valence-electron chi connectivity index (χ2n) is 6.01. The molecule has 1 aliphatic carbocycles. The summed E-state index contributed by atoms with van der Waals surface area (Å²) in [5, 5.41) is 3.01. The molecular formula is C15H29NO2. The van der Waals surface area contributed by atoms with Crippen molar-refractivity contribution in [3.05, 3.63) is 0 Å². The molecule has 0 spiro atoms. The van der Waals surface area contributed by atoms with Crippen molar-refractivity contribution in [1.82, 2.24) is 5.32 Å². The van der Waals surface area contributed by atoms with Crippen LogP contribution >= 0.6 is 0 Å². The van der Waals surface area contributed by atoms with E-state index in [1.54, 1.807) is 0 Å². The standard InChI is InChI=1S/C15H29NO2/c1-12(2)9-10-13(3)16-15(17)11-18-14-7-5-4-6-8-14/h12-14H,4-11H2,1-3H3,(H,16,17). The fourth-order valence-corrected chi connectivity index (χ4v) is 2.40. The molecule has 3 nitrogen and oxygen atoms in total. The first kappa shape index (κ1) is 15.5. The largest absolute Gasteiger partial charge is 0.368 e. The Morgan fingerprint density at radius 3 is 2.44 bits per heavy atom. The Morgan fingerprint density at radius 1 is 1.17 bits per heavy atom. The Hall–Kier alpha value is -0.570. The topological polar surface area (TPSA) is 38.3 Å². The van der Waals surface area contributed by atoms with Crippen molar-refractivity contribution in [1.29, 1.82) is 0 Å². The fourth-order valence-electron chi connectivity index (χ4n) is 2.40. The first-order valence-electron chi connectivity index (χ1n) is 7.49. The van der Waals surface area contributed by atoms with Crippen LogP contribution in [0.3, 0.4) is 0 Å². The molecule has 1 aliphatic rings. The van der Waals surface area contributed by atoms with E-state index in [-0.39, 0.29) is 18.6 Å². The van der Waals surface area contributed by atoms with E-state index in [1.807, 2.05) is 0 Å². The number of nitrogens with one attached hydrogen (secondary N) is 1. The summed E-state index contributed by atoms with van der Waals surface area (Å²) < 4.78 is 5.66. The monoisotopic (exact) mass is 255 g/mol. The van der Waals surface area contributed by atoms with Crippen molar-refractivity contribution >= 4 is 5.91 Å². The molecule has 0 aromatic heterocycles. The van der Waals surface area contributed by atoms with Crippen molar-refractivity contribution in [3.8, 4) is 0 Å². The van der Waals surface area contributed by atoms with Gasteiger partial charge in [0.15, 0.2) is 0 Å². The molecule has 3 heteroatoms.